The van der Waals surface area contributed by atoms with Gasteiger partial charge in [0.15, 0.2) is 0 Å². The highest BCUT2D eigenvalue weighted by molar-refractivity contribution is 6.33. The Bertz CT molecular complexity index is 1410. The van der Waals surface area contributed by atoms with Crippen LogP contribution in [0.1, 0.15) is 12.0 Å². The highest BCUT2D eigenvalue weighted by Crippen LogP contribution is 2.26. The number of rotatable bonds is 6. The third-order valence-electron chi connectivity index (χ3n) is 6.55. The van der Waals surface area contributed by atoms with E-state index < -0.39 is 0 Å². The van der Waals surface area contributed by atoms with Crippen LogP contribution in [0.3, 0.4) is 0 Å². The van der Waals surface area contributed by atoms with Gasteiger partial charge in [-0.2, -0.15) is 0 Å². The van der Waals surface area contributed by atoms with Crippen LogP contribution in [0.15, 0.2) is 64.2 Å². The zero-order valence-electron chi connectivity index (χ0n) is 19.2. The van der Waals surface area contributed by atoms with Crippen molar-refractivity contribution in [3.05, 3.63) is 86.0 Å². The van der Waals surface area contributed by atoms with Crippen molar-refractivity contribution >= 4 is 28.3 Å². The van der Waals surface area contributed by atoms with E-state index >= 15 is 0 Å². The molecular formula is C26H28ClN5O2. The molecule has 5 rings (SSSR count). The van der Waals surface area contributed by atoms with Gasteiger partial charge in [-0.1, -0.05) is 53.6 Å². The summed E-state index contributed by atoms with van der Waals surface area (Å²) in [5.74, 6) is 0. The SMILES string of the molecule is Cc1ccc(-c2cc3[nH]c(=O)n(CCCN4CCN(c5ccccc5Cl)CC4)c(=O)c3[nH]2)cc1. The van der Waals surface area contributed by atoms with Crippen LogP contribution in [0.2, 0.25) is 5.02 Å². The van der Waals surface area contributed by atoms with Gasteiger partial charge in [0.05, 0.1) is 16.2 Å². The van der Waals surface area contributed by atoms with Gasteiger partial charge >= 0.3 is 5.69 Å². The Kier molecular flexibility index (Phi) is 6.30. The fraction of sp³-hybridized carbons (Fsp3) is 0.308. The van der Waals surface area contributed by atoms with E-state index in [9.17, 15) is 9.59 Å². The van der Waals surface area contributed by atoms with Gasteiger partial charge in [0.1, 0.15) is 5.52 Å². The number of piperazine rings is 1. The number of anilines is 1. The first-order valence-corrected chi connectivity index (χ1v) is 12.0. The molecule has 2 aromatic carbocycles. The maximum atomic E-state index is 13.0. The molecule has 8 heteroatoms. The number of aromatic amines is 2. The summed E-state index contributed by atoms with van der Waals surface area (Å²) in [6.07, 6.45) is 0.728. The molecule has 3 heterocycles. The van der Waals surface area contributed by atoms with Gasteiger partial charge in [-0.15, -0.1) is 0 Å². The second-order valence-electron chi connectivity index (χ2n) is 8.86. The number of H-pyrrole nitrogens is 2. The Morgan fingerprint density at radius 3 is 2.38 bits per heavy atom. The summed E-state index contributed by atoms with van der Waals surface area (Å²) in [6.45, 7) is 6.90. The number of nitrogens with one attached hydrogen (secondary N) is 2. The second kappa shape index (κ2) is 9.52. The highest BCUT2D eigenvalue weighted by atomic mass is 35.5. The molecule has 1 saturated heterocycles. The minimum atomic E-state index is -0.365. The molecule has 0 bridgehead atoms. The molecule has 7 nitrogen and oxygen atoms in total. The first-order chi connectivity index (χ1) is 16.5. The molecule has 0 unspecified atom stereocenters. The average molecular weight is 478 g/mol. The number of para-hydroxylation sites is 1. The molecule has 0 aliphatic carbocycles. The summed E-state index contributed by atoms with van der Waals surface area (Å²) in [6, 6.07) is 17.8. The molecule has 0 spiro atoms. The van der Waals surface area contributed by atoms with E-state index in [1.54, 1.807) is 0 Å². The van der Waals surface area contributed by atoms with Crippen molar-refractivity contribution in [2.24, 2.45) is 0 Å². The Labute approximate surface area is 202 Å². The molecule has 2 N–H and O–H groups in total. The van der Waals surface area contributed by atoms with Crippen LogP contribution in [0.25, 0.3) is 22.3 Å². The number of benzene rings is 2. The molecule has 34 heavy (non-hydrogen) atoms. The lowest BCUT2D eigenvalue weighted by atomic mass is 10.1. The molecular weight excluding hydrogens is 450 g/mol. The van der Waals surface area contributed by atoms with E-state index in [2.05, 4.69) is 25.8 Å². The largest absolute Gasteiger partial charge is 0.368 e. The number of aryl methyl sites for hydroxylation is 1. The Balaban J connectivity index is 1.23. The van der Waals surface area contributed by atoms with Gasteiger partial charge < -0.3 is 14.9 Å². The van der Waals surface area contributed by atoms with Gasteiger partial charge in [0.2, 0.25) is 0 Å². The van der Waals surface area contributed by atoms with Crippen molar-refractivity contribution in [2.75, 3.05) is 37.6 Å². The molecule has 1 fully saturated rings. The smallest absolute Gasteiger partial charge is 0.328 e. The van der Waals surface area contributed by atoms with Crippen LogP contribution in [0, 0.1) is 6.92 Å². The zero-order chi connectivity index (χ0) is 23.7. The van der Waals surface area contributed by atoms with Crippen LogP contribution < -0.4 is 16.1 Å². The van der Waals surface area contributed by atoms with Crippen molar-refractivity contribution in [3.63, 3.8) is 0 Å². The van der Waals surface area contributed by atoms with E-state index in [-0.39, 0.29) is 11.2 Å². The summed E-state index contributed by atoms with van der Waals surface area (Å²) < 4.78 is 1.30. The van der Waals surface area contributed by atoms with Crippen LogP contribution in [-0.4, -0.2) is 52.2 Å². The minimum Gasteiger partial charge on any atom is -0.368 e. The van der Waals surface area contributed by atoms with Gasteiger partial charge in [-0.3, -0.25) is 14.3 Å². The van der Waals surface area contributed by atoms with Crippen LogP contribution in [-0.2, 0) is 6.54 Å². The monoisotopic (exact) mass is 477 g/mol. The quantitative estimate of drug-likeness (QED) is 0.442. The number of nitrogens with zero attached hydrogens (tertiary/aromatic N) is 3. The molecule has 0 amide bonds. The number of aromatic nitrogens is 3. The fourth-order valence-corrected chi connectivity index (χ4v) is 4.85. The third-order valence-corrected chi connectivity index (χ3v) is 6.87. The number of fused-ring (bicyclic) bond motifs is 1. The van der Waals surface area contributed by atoms with Crippen LogP contribution >= 0.6 is 11.6 Å². The van der Waals surface area contributed by atoms with Gasteiger partial charge in [-0.25, -0.2) is 4.79 Å². The third kappa shape index (κ3) is 4.54. The Hall–Kier alpha value is -3.29. The normalized spacial score (nSPS) is 14.7. The van der Waals surface area contributed by atoms with Gasteiger partial charge in [0, 0.05) is 38.4 Å². The molecule has 4 aromatic rings. The van der Waals surface area contributed by atoms with Crippen molar-refractivity contribution in [3.8, 4) is 11.3 Å². The predicted octanol–water partition coefficient (Wildman–Crippen LogP) is 3.86. The van der Waals surface area contributed by atoms with E-state index in [4.69, 9.17) is 11.6 Å². The van der Waals surface area contributed by atoms with Gasteiger partial charge in [0.25, 0.3) is 5.56 Å². The Morgan fingerprint density at radius 2 is 1.65 bits per heavy atom. The standard InChI is InChI=1S/C26H28ClN5O2/c1-18-7-9-19(10-8-18)21-17-22-24(28-21)25(33)32(26(34)29-22)12-4-11-30-13-15-31(16-14-30)23-6-3-2-5-20(23)27/h2-3,5-10,17,28H,4,11-16H2,1H3,(H,29,34). The van der Waals surface area contributed by atoms with Crippen LogP contribution in [0.4, 0.5) is 5.69 Å². The summed E-state index contributed by atoms with van der Waals surface area (Å²) in [5, 5.41) is 0.778. The molecule has 1 aliphatic heterocycles. The van der Waals surface area contributed by atoms with E-state index in [1.807, 2.05) is 55.5 Å². The zero-order valence-corrected chi connectivity index (χ0v) is 19.9. The maximum absolute atomic E-state index is 13.0. The Morgan fingerprint density at radius 1 is 0.912 bits per heavy atom. The second-order valence-corrected chi connectivity index (χ2v) is 9.27. The minimum absolute atomic E-state index is 0.277. The lowest BCUT2D eigenvalue weighted by molar-refractivity contribution is 0.249. The average Bonchev–Trinajstić information content (AvgIpc) is 3.26. The van der Waals surface area contributed by atoms with Gasteiger partial charge in [-0.05, 0) is 43.7 Å². The van der Waals surface area contributed by atoms with Crippen molar-refractivity contribution in [1.29, 1.82) is 0 Å². The van der Waals surface area contributed by atoms with E-state index in [0.29, 0.717) is 17.6 Å². The first-order valence-electron chi connectivity index (χ1n) is 11.6. The lowest BCUT2D eigenvalue weighted by Gasteiger charge is -2.36. The topological polar surface area (TPSA) is 77.1 Å². The number of halogens is 1. The van der Waals surface area contributed by atoms with Crippen molar-refractivity contribution < 1.29 is 0 Å². The molecule has 2 aromatic heterocycles. The van der Waals surface area contributed by atoms with Crippen LogP contribution in [0.5, 0.6) is 0 Å². The van der Waals surface area contributed by atoms with Crippen molar-refractivity contribution in [2.45, 2.75) is 19.9 Å². The predicted molar refractivity (Wildman–Crippen MR) is 138 cm³/mol. The molecule has 176 valence electrons. The first kappa shape index (κ1) is 22.5. The maximum Gasteiger partial charge on any atom is 0.328 e. The summed E-state index contributed by atoms with van der Waals surface area (Å²) in [4.78, 5) is 36.4. The fourth-order valence-electron chi connectivity index (χ4n) is 4.60. The molecule has 0 atom stereocenters. The van der Waals surface area contributed by atoms with E-state index in [1.165, 1.54) is 10.1 Å². The number of hydrogen-bond acceptors (Lipinski definition) is 4. The van der Waals surface area contributed by atoms with E-state index in [0.717, 1.165) is 61.1 Å². The summed E-state index contributed by atoms with van der Waals surface area (Å²) in [7, 11) is 0. The summed E-state index contributed by atoms with van der Waals surface area (Å²) in [5.41, 5.74) is 4.37. The lowest BCUT2D eigenvalue weighted by Crippen LogP contribution is -2.47. The molecule has 0 saturated carbocycles. The number of hydrogen-bond donors (Lipinski definition) is 2. The molecule has 1 aliphatic rings. The summed E-state index contributed by atoms with van der Waals surface area (Å²) >= 11 is 6.34. The molecule has 0 radical (unpaired) electrons. The van der Waals surface area contributed by atoms with Crippen molar-refractivity contribution in [1.82, 2.24) is 19.4 Å². The highest BCUT2D eigenvalue weighted by Gasteiger charge is 2.19.